The van der Waals surface area contributed by atoms with Crippen molar-refractivity contribution in [1.29, 1.82) is 0 Å². The molecule has 2 saturated heterocycles. The molecule has 130 valence electrons. The zero-order valence-corrected chi connectivity index (χ0v) is 14.0. The van der Waals surface area contributed by atoms with Crippen LogP contribution in [0.15, 0.2) is 30.6 Å². The molecule has 2 aliphatic heterocycles. The summed E-state index contributed by atoms with van der Waals surface area (Å²) >= 11 is 0. The van der Waals surface area contributed by atoms with Crippen molar-refractivity contribution in [1.82, 2.24) is 19.7 Å². The molecule has 1 saturated carbocycles. The van der Waals surface area contributed by atoms with Crippen molar-refractivity contribution in [3.63, 3.8) is 0 Å². The third-order valence-electron chi connectivity index (χ3n) is 5.47. The summed E-state index contributed by atoms with van der Waals surface area (Å²) < 4.78 is 1.67. The zero-order valence-electron chi connectivity index (χ0n) is 14.0. The maximum absolute atomic E-state index is 13.0. The Kier molecular flexibility index (Phi) is 3.78. The molecule has 0 unspecified atom stereocenters. The van der Waals surface area contributed by atoms with Crippen LogP contribution in [0.25, 0.3) is 11.4 Å². The van der Waals surface area contributed by atoms with E-state index in [0.717, 1.165) is 37.1 Å². The number of hydrogen-bond acceptors (Lipinski definition) is 4. The van der Waals surface area contributed by atoms with Crippen LogP contribution in [-0.2, 0) is 11.8 Å². The van der Waals surface area contributed by atoms with Crippen molar-refractivity contribution in [2.24, 2.45) is 13.0 Å². The molecule has 1 aromatic heterocycles. The first kappa shape index (κ1) is 15.8. The molecule has 1 aliphatic carbocycles. The van der Waals surface area contributed by atoms with Crippen molar-refractivity contribution < 1.29 is 14.7 Å². The molecule has 0 spiro atoms. The van der Waals surface area contributed by atoms with Crippen LogP contribution in [0.4, 0.5) is 0 Å². The average molecular weight is 340 g/mol. The predicted molar refractivity (Wildman–Crippen MR) is 89.8 cm³/mol. The molecule has 0 radical (unpaired) electrons. The van der Waals surface area contributed by atoms with Gasteiger partial charge in [0, 0.05) is 24.2 Å². The van der Waals surface area contributed by atoms with Crippen LogP contribution in [0, 0.1) is 5.92 Å². The monoisotopic (exact) mass is 340 g/mol. The molecule has 2 aromatic rings. The lowest BCUT2D eigenvalue weighted by molar-refractivity contribution is -0.150. The zero-order chi connectivity index (χ0) is 17.6. The Morgan fingerprint density at radius 1 is 1.12 bits per heavy atom. The molecular formula is C18H20N4O3. The summed E-state index contributed by atoms with van der Waals surface area (Å²) in [6, 6.07) is 6.49. The van der Waals surface area contributed by atoms with Crippen LogP contribution in [0.5, 0.6) is 0 Å². The topological polar surface area (TPSA) is 88.3 Å². The Morgan fingerprint density at radius 3 is 2.36 bits per heavy atom. The molecule has 7 nitrogen and oxygen atoms in total. The van der Waals surface area contributed by atoms with Gasteiger partial charge in [-0.15, -0.1) is 0 Å². The van der Waals surface area contributed by atoms with E-state index >= 15 is 0 Å². The smallest absolute Gasteiger partial charge is 0.326 e. The van der Waals surface area contributed by atoms with Gasteiger partial charge in [0.2, 0.25) is 0 Å². The molecule has 1 atom stereocenters. The number of carbonyl (C=O) groups excluding carboxylic acids is 1. The van der Waals surface area contributed by atoms with Crippen molar-refractivity contribution in [3.05, 3.63) is 36.2 Å². The van der Waals surface area contributed by atoms with E-state index < -0.39 is 12.0 Å². The average Bonchev–Trinajstić information content (AvgIpc) is 3.07. The third-order valence-corrected chi connectivity index (χ3v) is 5.47. The second kappa shape index (κ2) is 5.98. The number of fused-ring (bicyclic) bond motifs is 3. The van der Waals surface area contributed by atoms with Crippen LogP contribution in [-0.4, -0.2) is 48.7 Å². The Balaban J connectivity index is 1.62. The van der Waals surface area contributed by atoms with Gasteiger partial charge in [-0.1, -0.05) is 12.1 Å². The molecule has 25 heavy (non-hydrogen) atoms. The lowest BCUT2D eigenvalue weighted by Crippen LogP contribution is -2.60. The highest BCUT2D eigenvalue weighted by atomic mass is 16.4. The van der Waals surface area contributed by atoms with E-state index in [1.165, 1.54) is 6.33 Å². The van der Waals surface area contributed by atoms with Crippen molar-refractivity contribution in [2.75, 3.05) is 0 Å². The van der Waals surface area contributed by atoms with Crippen molar-refractivity contribution in [3.8, 4) is 11.4 Å². The van der Waals surface area contributed by atoms with Crippen LogP contribution in [0.1, 0.15) is 36.0 Å². The van der Waals surface area contributed by atoms with Gasteiger partial charge in [0.1, 0.15) is 12.4 Å². The van der Waals surface area contributed by atoms with Gasteiger partial charge in [0.05, 0.1) is 0 Å². The minimum atomic E-state index is -0.890. The fourth-order valence-electron chi connectivity index (χ4n) is 4.23. The highest BCUT2D eigenvalue weighted by molar-refractivity contribution is 5.97. The quantitative estimate of drug-likeness (QED) is 0.922. The highest BCUT2D eigenvalue weighted by Gasteiger charge is 2.47. The molecule has 5 rings (SSSR count). The lowest BCUT2D eigenvalue weighted by atomic mass is 9.74. The normalized spacial score (nSPS) is 25.2. The first-order valence-corrected chi connectivity index (χ1v) is 8.56. The van der Waals surface area contributed by atoms with Crippen LogP contribution >= 0.6 is 0 Å². The van der Waals surface area contributed by atoms with E-state index in [0.29, 0.717) is 5.56 Å². The number of rotatable bonds is 3. The van der Waals surface area contributed by atoms with Gasteiger partial charge in [-0.3, -0.25) is 4.79 Å². The maximum atomic E-state index is 13.0. The minimum Gasteiger partial charge on any atom is -0.480 e. The number of carbonyl (C=O) groups is 2. The number of benzene rings is 1. The second-order valence-corrected chi connectivity index (χ2v) is 6.85. The van der Waals surface area contributed by atoms with E-state index in [1.54, 1.807) is 21.7 Å². The molecule has 1 amide bonds. The minimum absolute atomic E-state index is 0.0389. The number of piperidine rings is 2. The largest absolute Gasteiger partial charge is 0.480 e. The van der Waals surface area contributed by atoms with Crippen molar-refractivity contribution in [2.45, 2.75) is 37.8 Å². The number of carboxylic acid groups (broad SMARTS) is 1. The van der Waals surface area contributed by atoms with Crippen LogP contribution in [0.2, 0.25) is 0 Å². The molecule has 2 bridgehead atoms. The third kappa shape index (κ3) is 2.59. The number of hydrogen-bond donors (Lipinski definition) is 1. The lowest BCUT2D eigenvalue weighted by Gasteiger charge is -2.49. The van der Waals surface area contributed by atoms with Crippen molar-refractivity contribution >= 4 is 11.9 Å². The predicted octanol–water partition coefficient (Wildman–Crippen LogP) is 1.95. The summed E-state index contributed by atoms with van der Waals surface area (Å²) in [5, 5.41) is 13.7. The second-order valence-electron chi connectivity index (χ2n) is 6.85. The van der Waals surface area contributed by atoms with Gasteiger partial charge in [-0.05, 0) is 43.7 Å². The SMILES string of the molecule is Cn1ncnc1-c1ccc(C(=O)N2C3CCC(CC3)[C@H]2C(=O)O)cc1. The molecule has 3 fully saturated rings. The molecule has 7 heteroatoms. The highest BCUT2D eigenvalue weighted by Crippen LogP contribution is 2.40. The van der Waals surface area contributed by atoms with Gasteiger partial charge in [0.25, 0.3) is 5.91 Å². The molecule has 3 heterocycles. The summed E-state index contributed by atoms with van der Waals surface area (Å²) in [5.74, 6) is -0.284. The fourth-order valence-corrected chi connectivity index (χ4v) is 4.23. The summed E-state index contributed by atoms with van der Waals surface area (Å²) in [6.45, 7) is 0. The number of nitrogens with zero attached hydrogens (tertiary/aromatic N) is 4. The first-order valence-electron chi connectivity index (χ1n) is 8.56. The summed E-state index contributed by atoms with van der Waals surface area (Å²) in [7, 11) is 1.81. The summed E-state index contributed by atoms with van der Waals surface area (Å²) in [5.41, 5.74) is 1.39. The molecule has 3 aliphatic rings. The first-order chi connectivity index (χ1) is 12.1. The van der Waals surface area contributed by atoms with Gasteiger partial charge in [-0.25, -0.2) is 14.5 Å². The van der Waals surface area contributed by atoms with E-state index in [1.807, 2.05) is 19.2 Å². The Bertz CT molecular complexity index is 806. The fraction of sp³-hybridized carbons (Fsp3) is 0.444. The Morgan fingerprint density at radius 2 is 1.80 bits per heavy atom. The van der Waals surface area contributed by atoms with E-state index in [2.05, 4.69) is 10.1 Å². The molecule has 1 aromatic carbocycles. The molecular weight excluding hydrogens is 320 g/mol. The van der Waals surface area contributed by atoms with Crippen LogP contribution < -0.4 is 0 Å². The van der Waals surface area contributed by atoms with Gasteiger partial charge < -0.3 is 10.0 Å². The van der Waals surface area contributed by atoms with E-state index in [-0.39, 0.29) is 17.9 Å². The van der Waals surface area contributed by atoms with E-state index in [9.17, 15) is 14.7 Å². The Hall–Kier alpha value is -2.70. The van der Waals surface area contributed by atoms with Gasteiger partial charge in [-0.2, -0.15) is 5.10 Å². The number of aliphatic carboxylic acids is 1. The standard InChI is InChI=1S/C18H20N4O3/c1-21-16(19-10-20-21)12-2-4-13(5-3-12)17(23)22-14-8-6-11(7-9-14)15(22)18(24)25/h2-5,10-11,14-15H,6-9H2,1H3,(H,24,25)/t11?,14?,15-/m0/s1. The number of amides is 1. The summed E-state index contributed by atoms with van der Waals surface area (Å²) in [6.07, 6.45) is 5.08. The van der Waals surface area contributed by atoms with Gasteiger partial charge >= 0.3 is 5.97 Å². The van der Waals surface area contributed by atoms with Crippen LogP contribution in [0.3, 0.4) is 0 Å². The molecule has 1 N–H and O–H groups in total. The van der Waals surface area contributed by atoms with Gasteiger partial charge in [0.15, 0.2) is 5.82 Å². The maximum Gasteiger partial charge on any atom is 0.326 e. The van der Waals surface area contributed by atoms with E-state index in [4.69, 9.17) is 0 Å². The number of carboxylic acids is 1. The Labute approximate surface area is 145 Å². The summed E-state index contributed by atoms with van der Waals surface area (Å²) in [4.78, 5) is 30.5. The number of aryl methyl sites for hydroxylation is 1. The number of aromatic nitrogens is 3.